The summed E-state index contributed by atoms with van der Waals surface area (Å²) >= 11 is 17.0. The number of hydrogen-bond acceptors (Lipinski definition) is 3. The summed E-state index contributed by atoms with van der Waals surface area (Å²) in [6.07, 6.45) is -0.384. The lowest BCUT2D eigenvalue weighted by Gasteiger charge is -2.18. The number of esters is 1. The molecule has 0 amide bonds. The fourth-order valence-corrected chi connectivity index (χ4v) is 1.96. The van der Waals surface area contributed by atoms with Gasteiger partial charge >= 0.3 is 5.97 Å². The van der Waals surface area contributed by atoms with Crippen molar-refractivity contribution in [2.45, 2.75) is 22.5 Å². The molecule has 92 valence electrons. The van der Waals surface area contributed by atoms with Crippen LogP contribution in [0, 0.1) is 0 Å². The minimum atomic E-state index is -1.65. The van der Waals surface area contributed by atoms with Gasteiger partial charge in [-0.05, 0) is 12.0 Å². The molecule has 0 aromatic heterocycles. The van der Waals surface area contributed by atoms with Gasteiger partial charge in [0.1, 0.15) is 6.04 Å². The molecule has 0 radical (unpaired) electrons. The van der Waals surface area contributed by atoms with Crippen LogP contribution in [0.3, 0.4) is 0 Å². The van der Waals surface area contributed by atoms with Gasteiger partial charge in [-0.15, -0.1) is 0 Å². The van der Waals surface area contributed by atoms with Gasteiger partial charge < -0.3 is 4.74 Å². The Kier molecular flexibility index (Phi) is 3.83. The zero-order valence-corrected chi connectivity index (χ0v) is 11.0. The highest BCUT2D eigenvalue weighted by Crippen LogP contribution is 2.33. The smallest absolute Gasteiger partial charge is 0.325 e. The average Bonchev–Trinajstić information content (AvgIpc) is 2.62. The van der Waals surface area contributed by atoms with Crippen LogP contribution >= 0.6 is 34.8 Å². The van der Waals surface area contributed by atoms with Crippen molar-refractivity contribution in [2.24, 2.45) is 0 Å². The third kappa shape index (κ3) is 3.26. The van der Waals surface area contributed by atoms with Gasteiger partial charge in [0, 0.05) is 0 Å². The molecule has 1 saturated heterocycles. The molecule has 17 heavy (non-hydrogen) atoms. The molecule has 1 N–H and O–H groups in total. The molecule has 3 nitrogen and oxygen atoms in total. The summed E-state index contributed by atoms with van der Waals surface area (Å²) in [6, 6.07) is 9.10. The summed E-state index contributed by atoms with van der Waals surface area (Å²) in [6.45, 7) is 0. The molecule has 0 unspecified atom stereocenters. The van der Waals surface area contributed by atoms with Crippen LogP contribution in [0.4, 0.5) is 0 Å². The van der Waals surface area contributed by atoms with Crippen molar-refractivity contribution in [2.75, 3.05) is 0 Å². The summed E-state index contributed by atoms with van der Waals surface area (Å²) in [4.78, 5) is 11.6. The summed E-state index contributed by atoms with van der Waals surface area (Å²) in [5.41, 5.74) is 1.02. The topological polar surface area (TPSA) is 38.3 Å². The maximum absolute atomic E-state index is 11.6. The number of halogens is 3. The average molecular weight is 295 g/mol. The monoisotopic (exact) mass is 293 g/mol. The summed E-state index contributed by atoms with van der Waals surface area (Å²) in [5, 5.41) is 2.86. The van der Waals surface area contributed by atoms with Gasteiger partial charge in [-0.2, -0.15) is 0 Å². The molecule has 1 aliphatic heterocycles. The zero-order valence-electron chi connectivity index (χ0n) is 8.70. The first-order valence-corrected chi connectivity index (χ1v) is 6.17. The van der Waals surface area contributed by atoms with Crippen molar-refractivity contribution in [3.8, 4) is 0 Å². The third-order valence-electron chi connectivity index (χ3n) is 2.45. The Labute approximate surface area is 114 Å². The second-order valence-electron chi connectivity index (χ2n) is 3.77. The predicted molar refractivity (Wildman–Crippen MR) is 67.2 cm³/mol. The van der Waals surface area contributed by atoms with Gasteiger partial charge in [0.15, 0.2) is 0 Å². The van der Waals surface area contributed by atoms with Crippen molar-refractivity contribution in [1.82, 2.24) is 5.32 Å². The molecule has 6 heteroatoms. The third-order valence-corrected chi connectivity index (χ3v) is 3.05. The molecule has 0 bridgehead atoms. The molecule has 0 spiro atoms. The minimum Gasteiger partial charge on any atom is -0.441 e. The fourth-order valence-electron chi connectivity index (χ4n) is 1.64. The highest BCUT2D eigenvalue weighted by molar-refractivity contribution is 6.68. The van der Waals surface area contributed by atoms with Crippen LogP contribution in [0.2, 0.25) is 0 Å². The van der Waals surface area contributed by atoms with E-state index in [1.165, 1.54) is 0 Å². The Balaban J connectivity index is 2.02. The van der Waals surface area contributed by atoms with Crippen LogP contribution in [-0.2, 0) is 16.0 Å². The Hall–Kier alpha value is -0.480. The lowest BCUT2D eigenvalue weighted by molar-refractivity contribution is -0.142. The number of carbonyl (C=O) groups excluding carboxylic acids is 1. The molecule has 0 aliphatic carbocycles. The fraction of sp³-hybridized carbons (Fsp3) is 0.364. The molecule has 2 rings (SSSR count). The number of ether oxygens (including phenoxy) is 1. The zero-order chi connectivity index (χ0) is 12.5. The molecule has 1 fully saturated rings. The molecular weight excluding hydrogens is 284 g/mol. The molecule has 1 heterocycles. The summed E-state index contributed by atoms with van der Waals surface area (Å²) < 4.78 is 3.31. The Morgan fingerprint density at radius 2 is 1.88 bits per heavy atom. The number of rotatable bonds is 2. The van der Waals surface area contributed by atoms with E-state index >= 15 is 0 Å². The number of carbonyl (C=O) groups is 1. The maximum atomic E-state index is 11.6. The summed E-state index contributed by atoms with van der Waals surface area (Å²) in [5.74, 6) is -0.398. The van der Waals surface area contributed by atoms with Gasteiger partial charge in [0.05, 0.1) is 0 Å². The van der Waals surface area contributed by atoms with Crippen molar-refractivity contribution < 1.29 is 9.53 Å². The van der Waals surface area contributed by atoms with Crippen LogP contribution in [-0.4, -0.2) is 22.0 Å². The highest BCUT2D eigenvalue weighted by Gasteiger charge is 2.44. The first-order valence-electron chi connectivity index (χ1n) is 5.04. The van der Waals surface area contributed by atoms with E-state index in [2.05, 4.69) is 5.32 Å². The van der Waals surface area contributed by atoms with E-state index in [0.29, 0.717) is 6.42 Å². The largest absolute Gasteiger partial charge is 0.441 e. The quantitative estimate of drug-likeness (QED) is 0.672. The van der Waals surface area contributed by atoms with Crippen molar-refractivity contribution in [1.29, 1.82) is 0 Å². The molecule has 1 aromatic carbocycles. The van der Waals surface area contributed by atoms with E-state index in [1.54, 1.807) is 0 Å². The van der Waals surface area contributed by atoms with Crippen molar-refractivity contribution >= 4 is 40.8 Å². The van der Waals surface area contributed by atoms with Crippen LogP contribution < -0.4 is 5.32 Å². The van der Waals surface area contributed by atoms with Gasteiger partial charge in [0.2, 0.25) is 10.0 Å². The summed E-state index contributed by atoms with van der Waals surface area (Å²) in [7, 11) is 0. The molecule has 1 aliphatic rings. The number of nitrogens with one attached hydrogen (secondary N) is 1. The van der Waals surface area contributed by atoms with Crippen LogP contribution in [0.25, 0.3) is 0 Å². The van der Waals surface area contributed by atoms with Crippen LogP contribution in [0.5, 0.6) is 0 Å². The molecule has 1 aromatic rings. The second kappa shape index (κ2) is 5.02. The maximum Gasteiger partial charge on any atom is 0.325 e. The molecule has 2 atom stereocenters. The van der Waals surface area contributed by atoms with Crippen LogP contribution in [0.15, 0.2) is 30.3 Å². The van der Waals surface area contributed by atoms with Gasteiger partial charge in [-0.3, -0.25) is 10.1 Å². The Bertz CT molecular complexity index is 405. The number of hydrogen-bond donors (Lipinski definition) is 1. The Morgan fingerprint density at radius 3 is 2.41 bits per heavy atom. The van der Waals surface area contributed by atoms with E-state index in [0.717, 1.165) is 5.56 Å². The first-order chi connectivity index (χ1) is 7.97. The normalized spacial score (nSPS) is 24.8. The highest BCUT2D eigenvalue weighted by atomic mass is 35.6. The molecule has 0 saturated carbocycles. The second-order valence-corrected chi connectivity index (χ2v) is 6.14. The van der Waals surface area contributed by atoms with E-state index in [9.17, 15) is 4.79 Å². The lowest BCUT2D eigenvalue weighted by Crippen LogP contribution is -2.40. The number of benzene rings is 1. The van der Waals surface area contributed by atoms with E-state index in [4.69, 9.17) is 39.5 Å². The van der Waals surface area contributed by atoms with E-state index in [-0.39, 0.29) is 0 Å². The SMILES string of the molecule is O=C1O[C@@H](C(Cl)(Cl)Cl)N[C@@H]1Cc1ccccc1. The van der Waals surface area contributed by atoms with Crippen LogP contribution in [0.1, 0.15) is 5.56 Å². The van der Waals surface area contributed by atoms with Crippen molar-refractivity contribution in [3.05, 3.63) is 35.9 Å². The minimum absolute atomic E-state index is 0.398. The van der Waals surface area contributed by atoms with E-state index in [1.807, 2.05) is 30.3 Å². The predicted octanol–water partition coefficient (Wildman–Crippen LogP) is 2.44. The van der Waals surface area contributed by atoms with Gasteiger partial charge in [0.25, 0.3) is 0 Å². The molecular formula is C11H10Cl3NO2. The first kappa shape index (κ1) is 13.0. The number of alkyl halides is 3. The van der Waals surface area contributed by atoms with Gasteiger partial charge in [-0.25, -0.2) is 0 Å². The lowest BCUT2D eigenvalue weighted by atomic mass is 10.1. The standard InChI is InChI=1S/C11H10Cl3NO2/c12-11(13,14)10-15-8(9(16)17-10)6-7-4-2-1-3-5-7/h1-5,8,10,15H,6H2/t8-,10+/m1/s1. The number of cyclic esters (lactones) is 1. The van der Waals surface area contributed by atoms with E-state index < -0.39 is 22.0 Å². The van der Waals surface area contributed by atoms with Crippen molar-refractivity contribution in [3.63, 3.8) is 0 Å². The Morgan fingerprint density at radius 1 is 1.24 bits per heavy atom. The van der Waals surface area contributed by atoms with Gasteiger partial charge in [-0.1, -0.05) is 65.1 Å².